The van der Waals surface area contributed by atoms with E-state index < -0.39 is 0 Å². The van der Waals surface area contributed by atoms with Crippen LogP contribution in [0.15, 0.2) is 4.99 Å². The summed E-state index contributed by atoms with van der Waals surface area (Å²) in [5.74, 6) is 1.93. The second kappa shape index (κ2) is 10.3. The summed E-state index contributed by atoms with van der Waals surface area (Å²) in [5.41, 5.74) is 0.471. The maximum Gasteiger partial charge on any atom is 0.193 e. The van der Waals surface area contributed by atoms with Crippen molar-refractivity contribution in [3.63, 3.8) is 0 Å². The average molecular weight is 463 g/mol. The number of nitrogens with one attached hydrogen (secondary N) is 1. The highest BCUT2D eigenvalue weighted by molar-refractivity contribution is 14.0. The molecule has 4 nitrogen and oxygen atoms in total. The minimum absolute atomic E-state index is 0. The SMILES string of the molecule is CN=C(NCC1(C)CCCC1)N1CCC(OCC2CCCC2)CC1.I. The summed E-state index contributed by atoms with van der Waals surface area (Å²) in [6.45, 7) is 6.63. The fourth-order valence-electron chi connectivity index (χ4n) is 4.71. The van der Waals surface area contributed by atoms with Gasteiger partial charge in [-0.25, -0.2) is 0 Å². The molecule has 0 aromatic rings. The zero-order valence-corrected chi connectivity index (χ0v) is 18.6. The fraction of sp³-hybridized carbons (Fsp3) is 0.950. The van der Waals surface area contributed by atoms with Crippen molar-refractivity contribution in [1.82, 2.24) is 10.2 Å². The average Bonchev–Trinajstić information content (AvgIpc) is 3.27. The van der Waals surface area contributed by atoms with Gasteiger partial charge in [0, 0.05) is 33.3 Å². The molecule has 0 bridgehead atoms. The van der Waals surface area contributed by atoms with Crippen molar-refractivity contribution in [2.75, 3.05) is 33.3 Å². The first-order chi connectivity index (χ1) is 11.7. The Balaban J connectivity index is 0.00000225. The van der Waals surface area contributed by atoms with E-state index in [1.54, 1.807) is 0 Å². The van der Waals surface area contributed by atoms with E-state index in [-0.39, 0.29) is 24.0 Å². The van der Waals surface area contributed by atoms with E-state index in [9.17, 15) is 0 Å². The van der Waals surface area contributed by atoms with Gasteiger partial charge in [-0.05, 0) is 49.9 Å². The van der Waals surface area contributed by atoms with Gasteiger partial charge in [-0.15, -0.1) is 24.0 Å². The molecule has 0 aromatic carbocycles. The fourth-order valence-corrected chi connectivity index (χ4v) is 4.71. The van der Waals surface area contributed by atoms with E-state index >= 15 is 0 Å². The Bertz CT molecular complexity index is 409. The molecular formula is C20H38IN3O. The molecule has 0 spiro atoms. The lowest BCUT2D eigenvalue weighted by molar-refractivity contribution is 0.000952. The van der Waals surface area contributed by atoms with Gasteiger partial charge >= 0.3 is 0 Å². The van der Waals surface area contributed by atoms with Crippen LogP contribution in [0.1, 0.15) is 71.1 Å². The Hall–Kier alpha value is -0.0400. The van der Waals surface area contributed by atoms with Crippen molar-refractivity contribution < 1.29 is 4.74 Å². The molecule has 0 atom stereocenters. The number of nitrogens with zero attached hydrogens (tertiary/aromatic N) is 2. The summed E-state index contributed by atoms with van der Waals surface area (Å²) in [5, 5.41) is 3.65. The molecule has 3 fully saturated rings. The van der Waals surface area contributed by atoms with E-state index in [1.165, 1.54) is 51.4 Å². The van der Waals surface area contributed by atoms with Gasteiger partial charge in [0.2, 0.25) is 0 Å². The van der Waals surface area contributed by atoms with Crippen LogP contribution >= 0.6 is 24.0 Å². The zero-order valence-electron chi connectivity index (χ0n) is 16.3. The van der Waals surface area contributed by atoms with Gasteiger partial charge in [0.1, 0.15) is 0 Å². The first-order valence-electron chi connectivity index (χ1n) is 10.3. The number of hydrogen-bond donors (Lipinski definition) is 1. The first-order valence-corrected chi connectivity index (χ1v) is 10.3. The lowest BCUT2D eigenvalue weighted by Crippen LogP contribution is -2.49. The summed E-state index contributed by atoms with van der Waals surface area (Å²) in [6, 6.07) is 0. The molecule has 3 aliphatic rings. The lowest BCUT2D eigenvalue weighted by atomic mass is 9.89. The molecule has 1 heterocycles. The maximum absolute atomic E-state index is 6.20. The molecular weight excluding hydrogens is 425 g/mol. The molecule has 0 amide bonds. The highest BCUT2D eigenvalue weighted by Crippen LogP contribution is 2.36. The second-order valence-electron chi connectivity index (χ2n) is 8.59. The third-order valence-corrected chi connectivity index (χ3v) is 6.48. The summed E-state index contributed by atoms with van der Waals surface area (Å²) in [7, 11) is 1.92. The van der Waals surface area contributed by atoms with Crippen LogP contribution < -0.4 is 5.32 Å². The molecule has 1 N–H and O–H groups in total. The summed E-state index contributed by atoms with van der Waals surface area (Å²) >= 11 is 0. The quantitative estimate of drug-likeness (QED) is 0.372. The van der Waals surface area contributed by atoms with Crippen molar-refractivity contribution >= 4 is 29.9 Å². The number of ether oxygens (including phenoxy) is 1. The second-order valence-corrected chi connectivity index (χ2v) is 8.59. The number of halogens is 1. The zero-order chi connectivity index (χ0) is 16.8. The van der Waals surface area contributed by atoms with Crippen molar-refractivity contribution in [3.05, 3.63) is 0 Å². The smallest absolute Gasteiger partial charge is 0.193 e. The lowest BCUT2D eigenvalue weighted by Gasteiger charge is -2.36. The van der Waals surface area contributed by atoms with E-state index in [0.29, 0.717) is 11.5 Å². The Kier molecular flexibility index (Phi) is 8.79. The Morgan fingerprint density at radius 3 is 2.32 bits per heavy atom. The highest BCUT2D eigenvalue weighted by Gasteiger charge is 2.30. The van der Waals surface area contributed by atoms with Crippen LogP contribution in [0.4, 0.5) is 0 Å². The van der Waals surface area contributed by atoms with Gasteiger partial charge in [-0.2, -0.15) is 0 Å². The molecule has 2 aliphatic carbocycles. The number of rotatable bonds is 5. The molecule has 1 saturated heterocycles. The normalized spacial score (nSPS) is 25.2. The summed E-state index contributed by atoms with van der Waals surface area (Å²) in [4.78, 5) is 6.95. The molecule has 3 rings (SSSR count). The van der Waals surface area contributed by atoms with Gasteiger partial charge in [0.05, 0.1) is 6.10 Å². The number of guanidine groups is 1. The highest BCUT2D eigenvalue weighted by atomic mass is 127. The van der Waals surface area contributed by atoms with Gasteiger partial charge in [-0.3, -0.25) is 4.99 Å². The molecule has 146 valence electrons. The number of likely N-dealkylation sites (tertiary alicyclic amines) is 1. The van der Waals surface area contributed by atoms with Crippen molar-refractivity contribution in [2.24, 2.45) is 16.3 Å². The minimum Gasteiger partial charge on any atom is -0.378 e. The maximum atomic E-state index is 6.20. The molecule has 1 aliphatic heterocycles. The Labute approximate surface area is 171 Å². The van der Waals surface area contributed by atoms with Crippen LogP contribution in [-0.2, 0) is 4.74 Å². The molecule has 0 unspecified atom stereocenters. The number of hydrogen-bond acceptors (Lipinski definition) is 2. The molecule has 25 heavy (non-hydrogen) atoms. The third-order valence-electron chi connectivity index (χ3n) is 6.48. The molecule has 2 saturated carbocycles. The van der Waals surface area contributed by atoms with Gasteiger partial charge in [0.15, 0.2) is 5.96 Å². The monoisotopic (exact) mass is 463 g/mol. The van der Waals surface area contributed by atoms with E-state index in [2.05, 4.69) is 22.1 Å². The van der Waals surface area contributed by atoms with Crippen LogP contribution in [-0.4, -0.2) is 50.3 Å². The van der Waals surface area contributed by atoms with E-state index in [0.717, 1.165) is 51.0 Å². The van der Waals surface area contributed by atoms with Crippen LogP contribution in [0, 0.1) is 11.3 Å². The standard InChI is InChI=1S/C20H37N3O.HI/c1-20(11-5-6-12-20)16-22-19(21-2)23-13-9-18(10-14-23)24-15-17-7-3-4-8-17;/h17-18H,3-16H2,1-2H3,(H,21,22);1H. The van der Waals surface area contributed by atoms with Crippen LogP contribution in [0.2, 0.25) is 0 Å². The Morgan fingerprint density at radius 2 is 1.72 bits per heavy atom. The van der Waals surface area contributed by atoms with Crippen molar-refractivity contribution in [2.45, 2.75) is 77.2 Å². The van der Waals surface area contributed by atoms with E-state index in [4.69, 9.17) is 4.74 Å². The molecule has 5 heteroatoms. The largest absolute Gasteiger partial charge is 0.378 e. The van der Waals surface area contributed by atoms with Gasteiger partial charge < -0.3 is 15.0 Å². The number of piperidine rings is 1. The van der Waals surface area contributed by atoms with Gasteiger partial charge in [-0.1, -0.05) is 32.6 Å². The number of aliphatic imine (C=N–C) groups is 1. The van der Waals surface area contributed by atoms with E-state index in [1.807, 2.05) is 7.05 Å². The first kappa shape index (κ1) is 21.3. The summed E-state index contributed by atoms with van der Waals surface area (Å²) < 4.78 is 6.20. The predicted octanol–water partition coefficient (Wildman–Crippen LogP) is 4.43. The summed E-state index contributed by atoms with van der Waals surface area (Å²) in [6.07, 6.45) is 13.8. The molecule has 0 radical (unpaired) electrons. The van der Waals surface area contributed by atoms with Crippen LogP contribution in [0.3, 0.4) is 0 Å². The van der Waals surface area contributed by atoms with Gasteiger partial charge in [0.25, 0.3) is 0 Å². The minimum atomic E-state index is 0. The third kappa shape index (κ3) is 6.26. The Morgan fingerprint density at radius 1 is 1.08 bits per heavy atom. The van der Waals surface area contributed by atoms with Crippen molar-refractivity contribution in [1.29, 1.82) is 0 Å². The van der Waals surface area contributed by atoms with Crippen LogP contribution in [0.25, 0.3) is 0 Å². The van der Waals surface area contributed by atoms with Crippen molar-refractivity contribution in [3.8, 4) is 0 Å². The predicted molar refractivity (Wildman–Crippen MR) is 116 cm³/mol. The molecule has 0 aromatic heterocycles. The van der Waals surface area contributed by atoms with Crippen LogP contribution in [0.5, 0.6) is 0 Å². The topological polar surface area (TPSA) is 36.9 Å².